The summed E-state index contributed by atoms with van der Waals surface area (Å²) in [6.07, 6.45) is 0.0964. The van der Waals surface area contributed by atoms with Gasteiger partial charge in [-0.05, 0) is 30.2 Å². The first-order valence-electron chi connectivity index (χ1n) is 5.61. The van der Waals surface area contributed by atoms with Crippen molar-refractivity contribution in [3.8, 4) is 0 Å². The van der Waals surface area contributed by atoms with Crippen LogP contribution in [0.5, 0.6) is 0 Å². The minimum Gasteiger partial charge on any atom is -0.207 e. The molecule has 0 nitrogen and oxygen atoms in total. The van der Waals surface area contributed by atoms with E-state index in [9.17, 15) is 22.0 Å². The predicted molar refractivity (Wildman–Crippen MR) is 68.0 cm³/mol. The van der Waals surface area contributed by atoms with Crippen LogP contribution in [0.4, 0.5) is 22.0 Å². The molecule has 0 saturated heterocycles. The normalized spacial score (nSPS) is 12.5. The highest BCUT2D eigenvalue weighted by Gasteiger charge is 2.17. The minimum absolute atomic E-state index is 0.0892. The molecule has 0 aromatic heterocycles. The molecule has 0 N–H and O–H groups in total. The Morgan fingerprint density at radius 3 is 2.00 bits per heavy atom. The summed E-state index contributed by atoms with van der Waals surface area (Å²) < 4.78 is 65.3. The molecule has 2 rings (SSSR count). The fourth-order valence-electron chi connectivity index (χ4n) is 1.76. The quantitative estimate of drug-likeness (QED) is 0.412. The average Bonchev–Trinajstić information content (AvgIpc) is 2.38. The zero-order valence-electron chi connectivity index (χ0n) is 9.94. The van der Waals surface area contributed by atoms with Crippen LogP contribution < -0.4 is 0 Å². The molecule has 2 aromatic rings. The van der Waals surface area contributed by atoms with Gasteiger partial charge in [0.25, 0.3) is 0 Å². The van der Waals surface area contributed by atoms with Gasteiger partial charge in [-0.1, -0.05) is 22.0 Å². The van der Waals surface area contributed by atoms with Crippen molar-refractivity contribution >= 4 is 15.9 Å². The van der Waals surface area contributed by atoms with Crippen molar-refractivity contribution in [2.24, 2.45) is 0 Å². The highest BCUT2D eigenvalue weighted by atomic mass is 79.9. The Kier molecular flexibility index (Phi) is 4.42. The van der Waals surface area contributed by atoms with Gasteiger partial charge in [-0.2, -0.15) is 0 Å². The molecular weight excluding hydrogens is 343 g/mol. The third kappa shape index (κ3) is 3.17. The highest BCUT2D eigenvalue weighted by Crippen LogP contribution is 2.30. The van der Waals surface area contributed by atoms with Gasteiger partial charge < -0.3 is 0 Å². The predicted octanol–water partition coefficient (Wildman–Crippen LogP) is 5.06. The number of rotatable bonds is 3. The SMILES string of the molecule is Fc1ccc(CC(Br)c2cc(F)c(F)cc2F)cc1F. The molecule has 0 aliphatic heterocycles. The largest absolute Gasteiger partial charge is 0.207 e. The Hall–Kier alpha value is -1.43. The van der Waals surface area contributed by atoms with E-state index < -0.39 is 33.9 Å². The maximum absolute atomic E-state index is 13.6. The van der Waals surface area contributed by atoms with Crippen LogP contribution in [0.2, 0.25) is 0 Å². The third-order valence-corrected chi connectivity index (χ3v) is 3.59. The first-order chi connectivity index (χ1) is 9.38. The Bertz CT molecular complexity index is 642. The molecule has 0 saturated carbocycles. The Morgan fingerprint density at radius 2 is 1.35 bits per heavy atom. The Morgan fingerprint density at radius 1 is 0.750 bits per heavy atom. The maximum Gasteiger partial charge on any atom is 0.161 e. The van der Waals surface area contributed by atoms with Crippen LogP contribution in [0.25, 0.3) is 0 Å². The van der Waals surface area contributed by atoms with Gasteiger partial charge in [0.05, 0.1) is 0 Å². The fourth-order valence-corrected chi connectivity index (χ4v) is 2.49. The first-order valence-corrected chi connectivity index (χ1v) is 6.52. The van der Waals surface area contributed by atoms with Gasteiger partial charge in [0.15, 0.2) is 23.3 Å². The highest BCUT2D eigenvalue weighted by molar-refractivity contribution is 9.09. The first kappa shape index (κ1) is 15.0. The van der Waals surface area contributed by atoms with Crippen molar-refractivity contribution < 1.29 is 22.0 Å². The van der Waals surface area contributed by atoms with Crippen molar-refractivity contribution in [3.63, 3.8) is 0 Å². The summed E-state index contributed by atoms with van der Waals surface area (Å²) in [6.45, 7) is 0. The Labute approximate surface area is 120 Å². The minimum atomic E-state index is -1.28. The van der Waals surface area contributed by atoms with E-state index in [2.05, 4.69) is 15.9 Å². The van der Waals surface area contributed by atoms with Crippen molar-refractivity contribution in [1.29, 1.82) is 0 Å². The summed E-state index contributed by atoms with van der Waals surface area (Å²) in [5.74, 6) is -5.37. The second-order valence-corrected chi connectivity index (χ2v) is 5.31. The molecular formula is C14H8BrF5. The van der Waals surface area contributed by atoms with Crippen molar-refractivity contribution in [1.82, 2.24) is 0 Å². The van der Waals surface area contributed by atoms with E-state index in [0.717, 1.165) is 18.2 Å². The van der Waals surface area contributed by atoms with Crippen LogP contribution in [0.3, 0.4) is 0 Å². The van der Waals surface area contributed by atoms with Crippen molar-refractivity contribution in [2.75, 3.05) is 0 Å². The summed E-state index contributed by atoms with van der Waals surface area (Å²) in [7, 11) is 0. The molecule has 20 heavy (non-hydrogen) atoms. The van der Waals surface area contributed by atoms with Crippen LogP contribution in [-0.2, 0) is 6.42 Å². The monoisotopic (exact) mass is 350 g/mol. The molecule has 0 bridgehead atoms. The molecule has 0 heterocycles. The number of alkyl halides is 1. The zero-order valence-corrected chi connectivity index (χ0v) is 11.5. The molecule has 1 atom stereocenters. The van der Waals surface area contributed by atoms with Crippen LogP contribution in [0.15, 0.2) is 30.3 Å². The number of halogens is 6. The molecule has 106 valence electrons. The smallest absolute Gasteiger partial charge is 0.161 e. The summed E-state index contributed by atoms with van der Waals surface area (Å²) in [4.78, 5) is -0.692. The maximum atomic E-state index is 13.6. The van der Waals surface area contributed by atoms with E-state index in [1.54, 1.807) is 0 Å². The topological polar surface area (TPSA) is 0 Å². The number of benzene rings is 2. The van der Waals surface area contributed by atoms with Crippen LogP contribution in [-0.4, -0.2) is 0 Å². The van der Waals surface area contributed by atoms with E-state index in [4.69, 9.17) is 0 Å². The molecule has 0 spiro atoms. The molecule has 2 aromatic carbocycles. The average molecular weight is 351 g/mol. The lowest BCUT2D eigenvalue weighted by molar-refractivity contribution is 0.489. The van der Waals surface area contributed by atoms with Gasteiger partial charge in [0, 0.05) is 16.5 Å². The van der Waals surface area contributed by atoms with E-state index in [0.29, 0.717) is 11.6 Å². The van der Waals surface area contributed by atoms with E-state index >= 15 is 0 Å². The van der Waals surface area contributed by atoms with E-state index in [1.165, 1.54) is 6.07 Å². The lowest BCUT2D eigenvalue weighted by Gasteiger charge is -2.12. The number of hydrogen-bond donors (Lipinski definition) is 0. The van der Waals surface area contributed by atoms with Gasteiger partial charge in [-0.15, -0.1) is 0 Å². The molecule has 1 unspecified atom stereocenters. The van der Waals surface area contributed by atoms with Crippen molar-refractivity contribution in [3.05, 3.63) is 70.5 Å². The van der Waals surface area contributed by atoms with Gasteiger partial charge in [-0.3, -0.25) is 0 Å². The van der Waals surface area contributed by atoms with Crippen LogP contribution >= 0.6 is 15.9 Å². The van der Waals surface area contributed by atoms with Gasteiger partial charge >= 0.3 is 0 Å². The summed E-state index contributed by atoms with van der Waals surface area (Å²) >= 11 is 3.13. The van der Waals surface area contributed by atoms with Gasteiger partial charge in [0.1, 0.15) is 5.82 Å². The fraction of sp³-hybridized carbons (Fsp3) is 0.143. The van der Waals surface area contributed by atoms with Crippen LogP contribution in [0.1, 0.15) is 16.0 Å². The molecule has 6 heteroatoms. The van der Waals surface area contributed by atoms with Gasteiger partial charge in [-0.25, -0.2) is 22.0 Å². The zero-order chi connectivity index (χ0) is 14.9. The standard InChI is InChI=1S/C14H8BrF5/c15-9(3-7-1-2-10(16)12(18)4-7)8-5-13(19)14(20)6-11(8)17/h1-2,4-6,9H,3H2. The second kappa shape index (κ2) is 5.91. The second-order valence-electron chi connectivity index (χ2n) is 4.21. The van der Waals surface area contributed by atoms with E-state index in [-0.39, 0.29) is 12.0 Å². The molecule has 0 fully saturated rings. The molecule has 0 aliphatic carbocycles. The lowest BCUT2D eigenvalue weighted by Crippen LogP contribution is -2.02. The molecule has 0 aliphatic rings. The summed E-state index contributed by atoms with van der Waals surface area (Å²) in [5.41, 5.74) is 0.309. The van der Waals surface area contributed by atoms with Gasteiger partial charge in [0.2, 0.25) is 0 Å². The van der Waals surface area contributed by atoms with E-state index in [1.807, 2.05) is 0 Å². The number of hydrogen-bond acceptors (Lipinski definition) is 0. The summed E-state index contributed by atoms with van der Waals surface area (Å²) in [6, 6.07) is 4.45. The lowest BCUT2D eigenvalue weighted by atomic mass is 10.0. The Balaban J connectivity index is 2.25. The third-order valence-electron chi connectivity index (χ3n) is 2.78. The van der Waals surface area contributed by atoms with Crippen molar-refractivity contribution in [2.45, 2.75) is 11.2 Å². The molecule has 0 amide bonds. The summed E-state index contributed by atoms with van der Waals surface area (Å²) in [5, 5.41) is 0. The van der Waals surface area contributed by atoms with Crippen LogP contribution in [0, 0.1) is 29.1 Å². The molecule has 0 radical (unpaired) electrons.